The van der Waals surface area contributed by atoms with E-state index in [4.69, 9.17) is 15.3 Å². The third-order valence-electron chi connectivity index (χ3n) is 2.57. The fourth-order valence-electron chi connectivity index (χ4n) is 1.51. The van der Waals surface area contributed by atoms with E-state index in [9.17, 15) is 9.90 Å². The molecule has 0 saturated heterocycles. The second-order valence-corrected chi connectivity index (χ2v) is 3.80. The van der Waals surface area contributed by atoms with Gasteiger partial charge in [0.05, 0.1) is 20.8 Å². The van der Waals surface area contributed by atoms with Crippen LogP contribution in [0.15, 0.2) is 18.2 Å². The smallest absolute Gasteiger partial charge is 0.233 e. The van der Waals surface area contributed by atoms with Gasteiger partial charge in [-0.2, -0.15) is 0 Å². The zero-order valence-corrected chi connectivity index (χ0v) is 10.7. The highest BCUT2D eigenvalue weighted by Gasteiger charge is 2.18. The normalized spacial score (nSPS) is 11.8. The van der Waals surface area contributed by atoms with E-state index < -0.39 is 6.10 Å². The third-order valence-corrected chi connectivity index (χ3v) is 2.57. The summed E-state index contributed by atoms with van der Waals surface area (Å²) in [7, 11) is 3.03. The third kappa shape index (κ3) is 3.35. The van der Waals surface area contributed by atoms with Gasteiger partial charge < -0.3 is 14.6 Å². The molecule has 1 amide bonds. The maximum absolute atomic E-state index is 11.0. The highest BCUT2D eigenvalue weighted by molar-refractivity contribution is 5.72. The van der Waals surface area contributed by atoms with Gasteiger partial charge in [-0.15, -0.1) is 0 Å². The summed E-state index contributed by atoms with van der Waals surface area (Å²) in [6.07, 6.45) is -0.941. The van der Waals surface area contributed by atoms with Crippen LogP contribution in [0.4, 0.5) is 0 Å². The van der Waals surface area contributed by atoms with Gasteiger partial charge in [-0.1, -0.05) is 0 Å². The number of ether oxygens (including phenoxy) is 2. The van der Waals surface area contributed by atoms with Crippen molar-refractivity contribution in [2.24, 2.45) is 5.84 Å². The van der Waals surface area contributed by atoms with Gasteiger partial charge in [0, 0.05) is 12.5 Å². The van der Waals surface area contributed by atoms with Gasteiger partial charge in [0.1, 0.15) is 17.6 Å². The molecular weight excluding hydrogens is 236 g/mol. The molecule has 1 aromatic rings. The van der Waals surface area contributed by atoms with Crippen LogP contribution in [0.25, 0.3) is 0 Å². The van der Waals surface area contributed by atoms with Crippen molar-refractivity contribution in [1.82, 2.24) is 5.01 Å². The Morgan fingerprint density at radius 1 is 1.44 bits per heavy atom. The van der Waals surface area contributed by atoms with E-state index in [1.54, 1.807) is 18.2 Å². The molecule has 0 saturated carbocycles. The summed E-state index contributed by atoms with van der Waals surface area (Å²) in [5.41, 5.74) is 0.522. The Labute approximate surface area is 106 Å². The van der Waals surface area contributed by atoms with Crippen molar-refractivity contribution in [1.29, 1.82) is 0 Å². The molecule has 0 bridgehead atoms. The van der Waals surface area contributed by atoms with Crippen molar-refractivity contribution in [3.8, 4) is 11.5 Å². The van der Waals surface area contributed by atoms with E-state index in [1.165, 1.54) is 21.1 Å². The predicted molar refractivity (Wildman–Crippen MR) is 66.1 cm³/mol. The van der Waals surface area contributed by atoms with Gasteiger partial charge in [0.25, 0.3) is 0 Å². The Hall–Kier alpha value is -1.79. The van der Waals surface area contributed by atoms with Gasteiger partial charge >= 0.3 is 0 Å². The number of nitrogens with zero attached hydrogens (tertiary/aromatic N) is 1. The van der Waals surface area contributed by atoms with E-state index in [1.807, 2.05) is 0 Å². The summed E-state index contributed by atoms with van der Waals surface area (Å²) in [5, 5.41) is 11.0. The van der Waals surface area contributed by atoms with Gasteiger partial charge in [-0.05, 0) is 18.2 Å². The fourth-order valence-corrected chi connectivity index (χ4v) is 1.51. The maximum atomic E-state index is 11.0. The number of benzene rings is 1. The Morgan fingerprint density at radius 3 is 2.61 bits per heavy atom. The molecule has 0 aromatic heterocycles. The Kier molecular flexibility index (Phi) is 4.94. The first-order chi connectivity index (χ1) is 8.49. The van der Waals surface area contributed by atoms with E-state index in [0.29, 0.717) is 17.1 Å². The molecule has 0 heterocycles. The molecule has 3 N–H and O–H groups in total. The summed E-state index contributed by atoms with van der Waals surface area (Å²) in [6, 6.07) is 5.06. The number of hydrogen-bond donors (Lipinski definition) is 2. The van der Waals surface area contributed by atoms with Crippen molar-refractivity contribution in [2.75, 3.05) is 20.8 Å². The molecule has 1 unspecified atom stereocenters. The Balaban J connectivity index is 2.95. The zero-order chi connectivity index (χ0) is 13.7. The summed E-state index contributed by atoms with van der Waals surface area (Å²) in [5.74, 6) is 6.25. The molecule has 1 aromatic carbocycles. The summed E-state index contributed by atoms with van der Waals surface area (Å²) in [6.45, 7) is 1.31. The van der Waals surface area contributed by atoms with Crippen LogP contribution in [0.1, 0.15) is 18.6 Å². The van der Waals surface area contributed by atoms with Gasteiger partial charge in [-0.3, -0.25) is 9.80 Å². The molecule has 1 atom stereocenters. The monoisotopic (exact) mass is 254 g/mol. The number of aliphatic hydroxyl groups excluding tert-OH is 1. The quantitative estimate of drug-likeness (QED) is 0.453. The first kappa shape index (κ1) is 14.3. The van der Waals surface area contributed by atoms with Crippen molar-refractivity contribution < 1.29 is 19.4 Å². The lowest BCUT2D eigenvalue weighted by Crippen LogP contribution is -2.38. The fraction of sp³-hybridized carbons (Fsp3) is 0.417. The number of nitrogens with two attached hydrogens (primary N) is 1. The minimum absolute atomic E-state index is 0.0150. The molecule has 0 aliphatic rings. The van der Waals surface area contributed by atoms with Gasteiger partial charge in [0.15, 0.2) is 0 Å². The van der Waals surface area contributed by atoms with Crippen molar-refractivity contribution in [3.05, 3.63) is 23.8 Å². The van der Waals surface area contributed by atoms with Crippen LogP contribution in [0.2, 0.25) is 0 Å². The topological polar surface area (TPSA) is 85.0 Å². The summed E-state index contributed by atoms with van der Waals surface area (Å²) in [4.78, 5) is 11.0. The molecule has 0 fully saturated rings. The molecule has 0 aliphatic heterocycles. The van der Waals surface area contributed by atoms with Gasteiger partial charge in [-0.25, -0.2) is 5.84 Å². The lowest BCUT2D eigenvalue weighted by molar-refractivity contribution is -0.130. The van der Waals surface area contributed by atoms with Crippen LogP contribution < -0.4 is 15.3 Å². The number of carbonyl (C=O) groups excluding carboxylic acids is 1. The van der Waals surface area contributed by atoms with Crippen LogP contribution in [-0.2, 0) is 4.79 Å². The second kappa shape index (κ2) is 6.23. The average molecular weight is 254 g/mol. The van der Waals surface area contributed by atoms with E-state index in [-0.39, 0.29) is 12.5 Å². The highest BCUT2D eigenvalue weighted by Crippen LogP contribution is 2.29. The highest BCUT2D eigenvalue weighted by atomic mass is 16.5. The molecule has 6 nitrogen and oxygen atoms in total. The zero-order valence-electron chi connectivity index (χ0n) is 10.7. The van der Waals surface area contributed by atoms with Crippen LogP contribution in [0.3, 0.4) is 0 Å². The first-order valence-corrected chi connectivity index (χ1v) is 5.42. The SMILES string of the molecule is COc1ccc(OC)c(C(O)CN(N)C(C)=O)c1. The lowest BCUT2D eigenvalue weighted by Gasteiger charge is -2.21. The minimum Gasteiger partial charge on any atom is -0.497 e. The van der Waals surface area contributed by atoms with Crippen LogP contribution in [0.5, 0.6) is 11.5 Å². The summed E-state index contributed by atoms with van der Waals surface area (Å²) < 4.78 is 10.2. The molecule has 0 spiro atoms. The lowest BCUT2D eigenvalue weighted by atomic mass is 10.1. The average Bonchev–Trinajstić information content (AvgIpc) is 2.37. The number of amides is 1. The minimum atomic E-state index is -0.941. The number of carbonyl (C=O) groups is 1. The van der Waals surface area contributed by atoms with Crippen LogP contribution >= 0.6 is 0 Å². The second-order valence-electron chi connectivity index (χ2n) is 3.80. The predicted octanol–water partition coefficient (Wildman–Crippen LogP) is 0.459. The van der Waals surface area contributed by atoms with E-state index in [2.05, 4.69) is 0 Å². The number of hydrogen-bond acceptors (Lipinski definition) is 5. The molecule has 0 aliphatic carbocycles. The maximum Gasteiger partial charge on any atom is 0.233 e. The van der Waals surface area contributed by atoms with Crippen molar-refractivity contribution in [3.63, 3.8) is 0 Å². The van der Waals surface area contributed by atoms with E-state index >= 15 is 0 Å². The Bertz CT molecular complexity index is 423. The summed E-state index contributed by atoms with van der Waals surface area (Å²) >= 11 is 0. The largest absolute Gasteiger partial charge is 0.497 e. The Morgan fingerprint density at radius 2 is 2.11 bits per heavy atom. The van der Waals surface area contributed by atoms with Crippen molar-refractivity contribution in [2.45, 2.75) is 13.0 Å². The number of methoxy groups -OCH3 is 2. The van der Waals surface area contributed by atoms with Crippen LogP contribution in [-0.4, -0.2) is 36.8 Å². The molecule has 6 heteroatoms. The molecule has 1 rings (SSSR count). The van der Waals surface area contributed by atoms with E-state index in [0.717, 1.165) is 5.01 Å². The number of aliphatic hydroxyl groups is 1. The molecule has 0 radical (unpaired) electrons. The van der Waals surface area contributed by atoms with Crippen molar-refractivity contribution >= 4 is 5.91 Å². The molecule has 100 valence electrons. The van der Waals surface area contributed by atoms with Crippen LogP contribution in [0, 0.1) is 0 Å². The standard InChI is InChI=1S/C12H18N2O4/c1-8(15)14(13)7-11(16)10-6-9(17-2)4-5-12(10)18-3/h4-6,11,16H,7,13H2,1-3H3. The molecule has 18 heavy (non-hydrogen) atoms. The number of hydrazine groups is 1. The number of rotatable bonds is 5. The first-order valence-electron chi connectivity index (χ1n) is 5.42. The van der Waals surface area contributed by atoms with Gasteiger partial charge in [0.2, 0.25) is 5.91 Å². The molecular formula is C12H18N2O4.